The van der Waals surface area contributed by atoms with Gasteiger partial charge in [-0.1, -0.05) is 12.1 Å². The number of hydrogen-bond donors (Lipinski definition) is 1. The third-order valence-electron chi connectivity index (χ3n) is 2.48. The molecule has 6 nitrogen and oxygen atoms in total. The lowest BCUT2D eigenvalue weighted by Crippen LogP contribution is -2.39. The number of nitrogens with zero attached hydrogens (tertiary/aromatic N) is 1. The van der Waals surface area contributed by atoms with Crippen molar-refractivity contribution in [1.29, 1.82) is 0 Å². The van der Waals surface area contributed by atoms with Gasteiger partial charge in [0.05, 0.1) is 25.1 Å². The number of halogens is 1. The fraction of sp³-hybridized carbons (Fsp3) is 0.417. The minimum absolute atomic E-state index is 0.0118. The molecule has 20 heavy (non-hydrogen) atoms. The molecule has 0 aromatic heterocycles. The molecule has 0 fully saturated rings. The molecule has 0 spiro atoms. The predicted molar refractivity (Wildman–Crippen MR) is 73.3 cm³/mol. The van der Waals surface area contributed by atoms with Crippen LogP contribution in [0.4, 0.5) is 10.1 Å². The van der Waals surface area contributed by atoms with E-state index in [9.17, 15) is 17.6 Å². The second kappa shape index (κ2) is 7.32. The number of methoxy groups -OCH3 is 1. The van der Waals surface area contributed by atoms with Crippen LogP contribution >= 0.6 is 0 Å². The van der Waals surface area contributed by atoms with Crippen LogP contribution in [-0.2, 0) is 19.6 Å². The van der Waals surface area contributed by atoms with E-state index < -0.39 is 28.3 Å². The number of sulfonamides is 1. The number of carbonyl (C=O) groups is 1. The van der Waals surface area contributed by atoms with Crippen LogP contribution in [0.3, 0.4) is 0 Å². The number of carbonyl (C=O) groups excluding carboxylic acids is 1. The normalized spacial score (nSPS) is 11.6. The lowest BCUT2D eigenvalue weighted by molar-refractivity contribution is -0.116. The van der Waals surface area contributed by atoms with Gasteiger partial charge in [-0.15, -0.1) is 0 Å². The van der Waals surface area contributed by atoms with Gasteiger partial charge in [0.2, 0.25) is 15.9 Å². The van der Waals surface area contributed by atoms with Crippen molar-refractivity contribution in [3.63, 3.8) is 0 Å². The van der Waals surface area contributed by atoms with Crippen molar-refractivity contribution in [2.75, 3.05) is 38.4 Å². The molecule has 0 saturated carbocycles. The standard InChI is InChI=1S/C12H17FN2O4S/c1-19-8-7-15(20(2,17)18)9-12(16)14-11-6-4-3-5-10(11)13/h3-6H,7-9H2,1-2H3,(H,14,16). The lowest BCUT2D eigenvalue weighted by Gasteiger charge is -2.19. The van der Waals surface area contributed by atoms with Crippen molar-refractivity contribution >= 4 is 21.6 Å². The summed E-state index contributed by atoms with van der Waals surface area (Å²) in [6.45, 7) is -0.170. The summed E-state index contributed by atoms with van der Waals surface area (Å²) in [6.07, 6.45) is 0.999. The zero-order chi connectivity index (χ0) is 15.2. The molecule has 0 radical (unpaired) electrons. The summed E-state index contributed by atoms with van der Waals surface area (Å²) < 4.78 is 42.1. The minimum Gasteiger partial charge on any atom is -0.383 e. The van der Waals surface area contributed by atoms with E-state index in [-0.39, 0.29) is 18.8 Å². The molecule has 1 rings (SSSR count). The van der Waals surface area contributed by atoms with E-state index in [1.807, 2.05) is 0 Å². The summed E-state index contributed by atoms with van der Waals surface area (Å²) in [4.78, 5) is 11.8. The van der Waals surface area contributed by atoms with Gasteiger partial charge in [0, 0.05) is 13.7 Å². The van der Waals surface area contributed by atoms with E-state index in [1.165, 1.54) is 25.3 Å². The van der Waals surface area contributed by atoms with Gasteiger partial charge in [0.25, 0.3) is 0 Å². The van der Waals surface area contributed by atoms with Gasteiger partial charge in [0.1, 0.15) is 5.82 Å². The molecule has 0 unspecified atom stereocenters. The smallest absolute Gasteiger partial charge is 0.239 e. The predicted octanol–water partition coefficient (Wildman–Crippen LogP) is 0.672. The molecule has 0 atom stereocenters. The Morgan fingerprint density at radius 3 is 2.60 bits per heavy atom. The van der Waals surface area contributed by atoms with E-state index in [1.54, 1.807) is 6.07 Å². The number of anilines is 1. The van der Waals surface area contributed by atoms with E-state index in [2.05, 4.69) is 5.32 Å². The van der Waals surface area contributed by atoms with Crippen LogP contribution in [0.25, 0.3) is 0 Å². The first-order valence-corrected chi connectivity index (χ1v) is 7.68. The van der Waals surface area contributed by atoms with Crippen LogP contribution in [-0.4, -0.2) is 51.7 Å². The average molecular weight is 304 g/mol. The zero-order valence-electron chi connectivity index (χ0n) is 11.3. The molecule has 0 bridgehead atoms. The van der Waals surface area contributed by atoms with Crippen LogP contribution in [0, 0.1) is 5.82 Å². The van der Waals surface area contributed by atoms with E-state index in [0.29, 0.717) is 0 Å². The average Bonchev–Trinajstić information content (AvgIpc) is 2.36. The van der Waals surface area contributed by atoms with Crippen molar-refractivity contribution < 1.29 is 22.3 Å². The summed E-state index contributed by atoms with van der Waals surface area (Å²) in [7, 11) is -2.11. The molecule has 1 amide bonds. The maximum atomic E-state index is 13.4. The summed E-state index contributed by atoms with van der Waals surface area (Å²) in [5.41, 5.74) is 0.0118. The molecule has 0 aliphatic rings. The quantitative estimate of drug-likeness (QED) is 0.803. The van der Waals surface area contributed by atoms with Gasteiger partial charge in [-0.2, -0.15) is 4.31 Å². The molecule has 1 N–H and O–H groups in total. The van der Waals surface area contributed by atoms with Crippen molar-refractivity contribution in [3.8, 4) is 0 Å². The molecule has 1 aromatic rings. The lowest BCUT2D eigenvalue weighted by atomic mass is 10.3. The zero-order valence-corrected chi connectivity index (χ0v) is 12.1. The van der Waals surface area contributed by atoms with Crippen molar-refractivity contribution in [2.24, 2.45) is 0 Å². The number of nitrogens with one attached hydrogen (secondary N) is 1. The highest BCUT2D eigenvalue weighted by Gasteiger charge is 2.20. The first kappa shape index (κ1) is 16.5. The second-order valence-electron chi connectivity index (χ2n) is 4.12. The molecular weight excluding hydrogens is 287 g/mol. The summed E-state index contributed by atoms with van der Waals surface area (Å²) >= 11 is 0. The number of ether oxygens (including phenoxy) is 1. The molecule has 8 heteroatoms. The molecule has 1 aromatic carbocycles. The Morgan fingerprint density at radius 2 is 2.05 bits per heavy atom. The van der Waals surface area contributed by atoms with Crippen molar-refractivity contribution in [2.45, 2.75) is 0 Å². The fourth-order valence-corrected chi connectivity index (χ4v) is 2.23. The maximum Gasteiger partial charge on any atom is 0.239 e. The first-order chi connectivity index (χ1) is 9.34. The third-order valence-corrected chi connectivity index (χ3v) is 3.73. The number of hydrogen-bond acceptors (Lipinski definition) is 4. The molecule has 112 valence electrons. The van der Waals surface area contributed by atoms with E-state index in [0.717, 1.165) is 10.6 Å². The van der Waals surface area contributed by atoms with Crippen LogP contribution in [0.5, 0.6) is 0 Å². The van der Waals surface area contributed by atoms with Gasteiger partial charge >= 0.3 is 0 Å². The molecule has 0 aliphatic heterocycles. The van der Waals surface area contributed by atoms with Crippen LogP contribution in [0.15, 0.2) is 24.3 Å². The Labute approximate surface area is 117 Å². The van der Waals surface area contributed by atoms with Crippen LogP contribution in [0.1, 0.15) is 0 Å². The van der Waals surface area contributed by atoms with Crippen molar-refractivity contribution in [3.05, 3.63) is 30.1 Å². The molecule has 0 heterocycles. The number of benzene rings is 1. The fourth-order valence-electron chi connectivity index (χ4n) is 1.47. The summed E-state index contributed by atoms with van der Waals surface area (Å²) in [5, 5.41) is 2.33. The van der Waals surface area contributed by atoms with Crippen molar-refractivity contribution in [1.82, 2.24) is 4.31 Å². The summed E-state index contributed by atoms with van der Waals surface area (Å²) in [5.74, 6) is -1.19. The number of amides is 1. The third kappa shape index (κ3) is 5.24. The Hall–Kier alpha value is -1.51. The Bertz CT molecular complexity index is 562. The topological polar surface area (TPSA) is 75.7 Å². The van der Waals surface area contributed by atoms with Gasteiger partial charge in [-0.25, -0.2) is 12.8 Å². The highest BCUT2D eigenvalue weighted by molar-refractivity contribution is 7.88. The van der Waals surface area contributed by atoms with Gasteiger partial charge in [0.15, 0.2) is 0 Å². The molecular formula is C12H17FN2O4S. The first-order valence-electron chi connectivity index (χ1n) is 5.83. The number of para-hydroxylation sites is 1. The minimum atomic E-state index is -3.54. The Balaban J connectivity index is 2.69. The highest BCUT2D eigenvalue weighted by Crippen LogP contribution is 2.12. The SMILES string of the molecule is COCCN(CC(=O)Nc1ccccc1F)S(C)(=O)=O. The monoisotopic (exact) mass is 304 g/mol. The van der Waals surface area contributed by atoms with Crippen LogP contribution < -0.4 is 5.32 Å². The summed E-state index contributed by atoms with van der Waals surface area (Å²) in [6, 6.07) is 5.66. The maximum absolute atomic E-state index is 13.4. The second-order valence-corrected chi connectivity index (χ2v) is 6.10. The van der Waals surface area contributed by atoms with Gasteiger partial charge in [-0.3, -0.25) is 4.79 Å². The van der Waals surface area contributed by atoms with E-state index >= 15 is 0 Å². The van der Waals surface area contributed by atoms with Gasteiger partial charge in [-0.05, 0) is 12.1 Å². The van der Waals surface area contributed by atoms with Gasteiger partial charge < -0.3 is 10.1 Å². The molecule has 0 saturated heterocycles. The Morgan fingerprint density at radius 1 is 1.40 bits per heavy atom. The Kier molecular flexibility index (Phi) is 6.05. The largest absolute Gasteiger partial charge is 0.383 e. The van der Waals surface area contributed by atoms with Crippen LogP contribution in [0.2, 0.25) is 0 Å². The number of rotatable bonds is 7. The molecule has 0 aliphatic carbocycles. The van der Waals surface area contributed by atoms with E-state index in [4.69, 9.17) is 4.74 Å². The highest BCUT2D eigenvalue weighted by atomic mass is 32.2.